The highest BCUT2D eigenvalue weighted by atomic mass is 19.1. The summed E-state index contributed by atoms with van der Waals surface area (Å²) in [5, 5.41) is 6.91. The van der Waals surface area contributed by atoms with Crippen LogP contribution in [0.4, 0.5) is 10.1 Å². The Morgan fingerprint density at radius 3 is 2.61 bits per heavy atom. The molecule has 23 heavy (non-hydrogen) atoms. The van der Waals surface area contributed by atoms with Gasteiger partial charge in [-0.3, -0.25) is 9.59 Å². The minimum atomic E-state index is -0.377. The fourth-order valence-electron chi connectivity index (χ4n) is 1.94. The largest absolute Gasteiger partial charge is 0.463 e. The van der Waals surface area contributed by atoms with E-state index in [1.807, 2.05) is 18.3 Å². The molecule has 7 heteroatoms. The first-order valence-corrected chi connectivity index (χ1v) is 7.23. The summed E-state index contributed by atoms with van der Waals surface area (Å²) in [6.45, 7) is 1.97. The zero-order chi connectivity index (χ0) is 16.7. The number of rotatable bonds is 7. The molecule has 0 aliphatic heterocycles. The van der Waals surface area contributed by atoms with Gasteiger partial charge in [0.05, 0.1) is 12.8 Å². The fraction of sp³-hybridized carbons (Fsp3) is 0.250. The molecular weight excluding hydrogens is 301 g/mol. The normalized spacial score (nSPS) is 11.7. The molecule has 1 aromatic carbocycles. The molecule has 2 rings (SSSR count). The quantitative estimate of drug-likeness (QED) is 0.705. The van der Waals surface area contributed by atoms with Gasteiger partial charge in [0.1, 0.15) is 11.9 Å². The van der Waals surface area contributed by atoms with Crippen LogP contribution >= 0.6 is 0 Å². The minimum absolute atomic E-state index is 0.0174. The number of hydrogen-bond donors (Lipinski definition) is 3. The van der Waals surface area contributed by atoms with Crippen molar-refractivity contribution in [3.8, 4) is 0 Å². The Hall–Kier alpha value is -2.67. The number of nitrogens with two attached hydrogens (primary N) is 1. The molecule has 0 spiro atoms. The lowest BCUT2D eigenvalue weighted by molar-refractivity contribution is -0.684. The van der Waals surface area contributed by atoms with Crippen molar-refractivity contribution in [3.05, 3.63) is 54.2 Å². The molecule has 1 aromatic heterocycles. The van der Waals surface area contributed by atoms with Crippen molar-refractivity contribution in [2.45, 2.75) is 13.0 Å². The standard InChI is InChI=1S/C16H18FN3O3/c1-11(14-3-2-8-23-14)18-9-15(21)19-10-16(22)20-13-6-4-12(17)5-7-13/h2-8,11,18H,9-10H2,1H3,(H,19,21)(H,20,22)/p+1/t11-/m0/s1. The van der Waals surface area contributed by atoms with Crippen LogP contribution in [0.2, 0.25) is 0 Å². The third-order valence-electron chi connectivity index (χ3n) is 3.22. The smallest absolute Gasteiger partial charge is 0.275 e. The summed E-state index contributed by atoms with van der Waals surface area (Å²) in [7, 11) is 0. The second kappa shape index (κ2) is 8.09. The van der Waals surface area contributed by atoms with Gasteiger partial charge in [0, 0.05) is 5.69 Å². The Morgan fingerprint density at radius 2 is 1.96 bits per heavy atom. The maximum absolute atomic E-state index is 12.8. The van der Waals surface area contributed by atoms with Gasteiger partial charge in [-0.25, -0.2) is 4.39 Å². The van der Waals surface area contributed by atoms with Crippen LogP contribution in [-0.4, -0.2) is 24.9 Å². The van der Waals surface area contributed by atoms with Gasteiger partial charge >= 0.3 is 0 Å². The van der Waals surface area contributed by atoms with E-state index in [0.717, 1.165) is 5.76 Å². The second-order valence-electron chi connectivity index (χ2n) is 5.08. The van der Waals surface area contributed by atoms with Gasteiger partial charge in [0.15, 0.2) is 12.3 Å². The molecule has 0 saturated heterocycles. The van der Waals surface area contributed by atoms with Crippen molar-refractivity contribution < 1.29 is 23.7 Å². The predicted octanol–water partition coefficient (Wildman–Crippen LogP) is 0.798. The van der Waals surface area contributed by atoms with Crippen molar-refractivity contribution in [2.24, 2.45) is 0 Å². The first-order valence-electron chi connectivity index (χ1n) is 7.23. The Morgan fingerprint density at radius 1 is 1.22 bits per heavy atom. The monoisotopic (exact) mass is 320 g/mol. The molecule has 0 bridgehead atoms. The second-order valence-corrected chi connectivity index (χ2v) is 5.08. The van der Waals surface area contributed by atoms with Crippen molar-refractivity contribution in [2.75, 3.05) is 18.4 Å². The summed E-state index contributed by atoms with van der Waals surface area (Å²) in [4.78, 5) is 23.4. The summed E-state index contributed by atoms with van der Waals surface area (Å²) in [5.41, 5.74) is 0.476. The number of halogens is 1. The highest BCUT2D eigenvalue weighted by Gasteiger charge is 2.14. The molecule has 0 aliphatic carbocycles. The van der Waals surface area contributed by atoms with Crippen LogP contribution in [0.25, 0.3) is 0 Å². The number of anilines is 1. The van der Waals surface area contributed by atoms with Crippen LogP contribution in [0.1, 0.15) is 18.7 Å². The van der Waals surface area contributed by atoms with E-state index in [4.69, 9.17) is 4.42 Å². The zero-order valence-corrected chi connectivity index (χ0v) is 12.7. The molecule has 4 N–H and O–H groups in total. The first-order chi connectivity index (χ1) is 11.0. The van der Waals surface area contributed by atoms with Crippen LogP contribution in [0.3, 0.4) is 0 Å². The first kappa shape index (κ1) is 16.7. The number of benzene rings is 1. The number of amides is 2. The van der Waals surface area contributed by atoms with Gasteiger partial charge < -0.3 is 20.4 Å². The van der Waals surface area contributed by atoms with Crippen molar-refractivity contribution >= 4 is 17.5 Å². The molecule has 1 heterocycles. The average molecular weight is 320 g/mol. The van der Waals surface area contributed by atoms with Crippen LogP contribution in [0.15, 0.2) is 47.1 Å². The van der Waals surface area contributed by atoms with E-state index in [-0.39, 0.29) is 36.8 Å². The third kappa shape index (κ3) is 5.55. The van der Waals surface area contributed by atoms with Crippen molar-refractivity contribution in [1.82, 2.24) is 5.32 Å². The molecule has 2 amide bonds. The van der Waals surface area contributed by atoms with E-state index < -0.39 is 0 Å². The highest BCUT2D eigenvalue weighted by Crippen LogP contribution is 2.08. The minimum Gasteiger partial charge on any atom is -0.463 e. The predicted molar refractivity (Wildman–Crippen MR) is 82.0 cm³/mol. The van der Waals surface area contributed by atoms with Crippen LogP contribution in [0, 0.1) is 5.82 Å². The molecule has 0 aliphatic rings. The van der Waals surface area contributed by atoms with E-state index in [9.17, 15) is 14.0 Å². The number of carbonyl (C=O) groups is 2. The van der Waals surface area contributed by atoms with Crippen LogP contribution < -0.4 is 16.0 Å². The van der Waals surface area contributed by atoms with Gasteiger partial charge in [-0.2, -0.15) is 0 Å². The highest BCUT2D eigenvalue weighted by molar-refractivity contribution is 5.94. The maximum atomic E-state index is 12.8. The number of nitrogens with one attached hydrogen (secondary N) is 2. The lowest BCUT2D eigenvalue weighted by Gasteiger charge is -2.09. The van der Waals surface area contributed by atoms with E-state index in [1.165, 1.54) is 24.3 Å². The molecule has 0 unspecified atom stereocenters. The van der Waals surface area contributed by atoms with E-state index in [1.54, 1.807) is 12.3 Å². The number of carbonyl (C=O) groups excluding carboxylic acids is 2. The third-order valence-corrected chi connectivity index (χ3v) is 3.22. The number of furan rings is 1. The van der Waals surface area contributed by atoms with Crippen LogP contribution in [0.5, 0.6) is 0 Å². The summed E-state index contributed by atoms with van der Waals surface area (Å²) in [6, 6.07) is 9.05. The van der Waals surface area contributed by atoms with Gasteiger partial charge in [0.2, 0.25) is 5.91 Å². The van der Waals surface area contributed by atoms with E-state index >= 15 is 0 Å². The van der Waals surface area contributed by atoms with Gasteiger partial charge in [0.25, 0.3) is 5.91 Å². The molecule has 0 radical (unpaired) electrons. The zero-order valence-electron chi connectivity index (χ0n) is 12.7. The number of quaternary nitrogens is 1. The summed E-state index contributed by atoms with van der Waals surface area (Å²) in [5.74, 6) is -0.217. The van der Waals surface area contributed by atoms with Gasteiger partial charge in [-0.05, 0) is 43.3 Å². The lowest BCUT2D eigenvalue weighted by Crippen LogP contribution is -2.87. The summed E-state index contributed by atoms with van der Waals surface area (Å²) < 4.78 is 18.0. The Balaban J connectivity index is 1.67. The Kier molecular flexibility index (Phi) is 5.87. The average Bonchev–Trinajstić information content (AvgIpc) is 3.07. The maximum Gasteiger partial charge on any atom is 0.275 e. The topological polar surface area (TPSA) is 88.0 Å². The molecule has 6 nitrogen and oxygen atoms in total. The molecule has 1 atom stereocenters. The molecular formula is C16H19FN3O3+. The molecule has 2 aromatic rings. The van der Waals surface area contributed by atoms with Gasteiger partial charge in [-0.15, -0.1) is 0 Å². The lowest BCUT2D eigenvalue weighted by atomic mass is 10.2. The molecule has 0 fully saturated rings. The van der Waals surface area contributed by atoms with E-state index in [0.29, 0.717) is 5.69 Å². The fourth-order valence-corrected chi connectivity index (χ4v) is 1.94. The van der Waals surface area contributed by atoms with Crippen molar-refractivity contribution in [1.29, 1.82) is 0 Å². The molecule has 122 valence electrons. The van der Waals surface area contributed by atoms with Crippen molar-refractivity contribution in [3.63, 3.8) is 0 Å². The summed E-state index contributed by atoms with van der Waals surface area (Å²) in [6.07, 6.45) is 1.58. The SMILES string of the molecule is C[C@H]([NH2+]CC(=O)NCC(=O)Nc1ccc(F)cc1)c1ccco1. The van der Waals surface area contributed by atoms with E-state index in [2.05, 4.69) is 10.6 Å². The molecule has 0 saturated carbocycles. The van der Waals surface area contributed by atoms with Gasteiger partial charge in [-0.1, -0.05) is 0 Å². The Labute approximate surface area is 133 Å². The Bertz CT molecular complexity index is 641. The van der Waals surface area contributed by atoms with Crippen LogP contribution in [-0.2, 0) is 9.59 Å². The summed E-state index contributed by atoms with van der Waals surface area (Å²) >= 11 is 0. The number of hydrogen-bond acceptors (Lipinski definition) is 3.